The third-order valence-corrected chi connectivity index (χ3v) is 12.4. The fourth-order valence-corrected chi connectivity index (χ4v) is 9.41. The van der Waals surface area contributed by atoms with Gasteiger partial charge in [0.05, 0.1) is 73.6 Å². The number of halogens is 8. The summed E-state index contributed by atoms with van der Waals surface area (Å²) in [5.74, 6) is -3.50. The van der Waals surface area contributed by atoms with Crippen LogP contribution < -0.4 is 4.74 Å². The molecule has 0 aliphatic carbocycles. The maximum atomic E-state index is 15.2. The van der Waals surface area contributed by atoms with Crippen molar-refractivity contribution in [2.24, 2.45) is 0 Å². The number of carbonyl (C=O) groups is 4. The van der Waals surface area contributed by atoms with Crippen molar-refractivity contribution in [1.29, 1.82) is 0 Å². The molecule has 61 heavy (non-hydrogen) atoms. The minimum atomic E-state index is -0.815. The van der Waals surface area contributed by atoms with E-state index in [0.29, 0.717) is 21.5 Å². The molecule has 0 N–H and O–H groups in total. The van der Waals surface area contributed by atoms with Crippen LogP contribution in [-0.2, 0) is 0 Å². The van der Waals surface area contributed by atoms with Crippen molar-refractivity contribution in [1.82, 2.24) is 0 Å². The van der Waals surface area contributed by atoms with Crippen molar-refractivity contribution in [2.45, 2.75) is 0 Å². The second-order valence-corrected chi connectivity index (χ2v) is 16.8. The zero-order valence-corrected chi connectivity index (χ0v) is 36.8. The Hall–Kier alpha value is -4.92. The Balaban J connectivity index is 1.53. The Morgan fingerprint density at radius 1 is 0.311 bits per heavy atom. The Labute approximate surface area is 388 Å². The number of fused-ring (bicyclic) bond motifs is 2. The van der Waals surface area contributed by atoms with Crippen molar-refractivity contribution in [2.75, 3.05) is 0 Å². The Morgan fingerprint density at radius 2 is 0.574 bits per heavy atom. The van der Waals surface area contributed by atoms with Gasteiger partial charge in [-0.2, -0.15) is 0 Å². The molecule has 0 aliphatic rings. The maximum Gasteiger partial charge on any atom is 0.200 e. The molecule has 13 heteroatoms. The van der Waals surface area contributed by atoms with E-state index in [1.165, 1.54) is 60.7 Å². The molecule has 0 unspecified atom stereocenters. The molecule has 8 rings (SSSR count). The van der Waals surface area contributed by atoms with Gasteiger partial charge in [0.2, 0.25) is 11.6 Å². The van der Waals surface area contributed by atoms with Crippen molar-refractivity contribution in [3.63, 3.8) is 0 Å². The van der Waals surface area contributed by atoms with Gasteiger partial charge < -0.3 is 4.74 Å². The van der Waals surface area contributed by atoms with Crippen molar-refractivity contribution >= 4 is 137 Å². The van der Waals surface area contributed by atoms with Gasteiger partial charge in [0.1, 0.15) is 11.5 Å². The van der Waals surface area contributed by atoms with Crippen LogP contribution >= 0.6 is 92.8 Å². The normalized spacial score (nSPS) is 11.2. The number of rotatable bonds is 10. The average Bonchev–Trinajstić information content (AvgIpc) is 3.22. The summed E-state index contributed by atoms with van der Waals surface area (Å²) in [6.07, 6.45) is 0. The maximum absolute atomic E-state index is 15.2. The van der Waals surface area contributed by atoms with Crippen LogP contribution in [0.4, 0.5) is 0 Å². The van der Waals surface area contributed by atoms with Gasteiger partial charge in [-0.05, 0) is 71.4 Å². The molecule has 0 saturated heterocycles. The van der Waals surface area contributed by atoms with Crippen LogP contribution in [0.1, 0.15) is 63.7 Å². The average molecular weight is 962 g/mol. The van der Waals surface area contributed by atoms with Gasteiger partial charge in [-0.1, -0.05) is 166 Å². The van der Waals surface area contributed by atoms with E-state index in [2.05, 4.69) is 0 Å². The first kappa shape index (κ1) is 42.8. The molecule has 0 amide bonds. The molecule has 8 aromatic rings. The van der Waals surface area contributed by atoms with Gasteiger partial charge in [0.15, 0.2) is 11.6 Å². The van der Waals surface area contributed by atoms with Gasteiger partial charge in [-0.15, -0.1) is 0 Å². The lowest BCUT2D eigenvalue weighted by Crippen LogP contribution is -2.17. The molecule has 0 heterocycles. The van der Waals surface area contributed by atoms with Crippen molar-refractivity contribution < 1.29 is 23.9 Å². The number of ether oxygens (including phenoxy) is 1. The number of hydrogen-bond acceptors (Lipinski definition) is 5. The van der Waals surface area contributed by atoms with Crippen molar-refractivity contribution in [3.8, 4) is 11.5 Å². The monoisotopic (exact) mass is 958 g/mol. The molecule has 8 aromatic carbocycles. The van der Waals surface area contributed by atoms with Gasteiger partial charge in [0, 0.05) is 21.9 Å². The molecular weight excluding hydrogens is 940 g/mol. The molecule has 0 bridgehead atoms. The van der Waals surface area contributed by atoms with Gasteiger partial charge in [-0.3, -0.25) is 19.2 Å². The zero-order chi connectivity index (χ0) is 43.3. The molecule has 0 saturated carbocycles. The summed E-state index contributed by atoms with van der Waals surface area (Å²) in [5, 5.41) is 1.48. The third kappa shape index (κ3) is 7.80. The lowest BCUT2D eigenvalue weighted by atomic mass is 9.88. The quantitative estimate of drug-likeness (QED) is 0.128. The molecule has 0 radical (unpaired) electrons. The van der Waals surface area contributed by atoms with Gasteiger partial charge in [0.25, 0.3) is 0 Å². The predicted octanol–water partition coefficient (Wildman–Crippen LogP) is 15.9. The van der Waals surface area contributed by atoms with Crippen LogP contribution in [0.25, 0.3) is 21.5 Å². The molecule has 0 aromatic heterocycles. The summed E-state index contributed by atoms with van der Waals surface area (Å²) in [4.78, 5) is 60.2. The summed E-state index contributed by atoms with van der Waals surface area (Å²) in [5.41, 5.74) is -1.47. The molecule has 0 spiro atoms. The first-order valence-electron chi connectivity index (χ1n) is 18.0. The molecule has 0 atom stereocenters. The molecule has 0 fully saturated rings. The number of carbonyl (C=O) groups excluding carboxylic acids is 4. The Kier molecular flexibility index (Phi) is 12.2. The Morgan fingerprint density at radius 3 is 0.869 bits per heavy atom. The number of benzene rings is 8. The highest BCUT2D eigenvalue weighted by Crippen LogP contribution is 2.46. The first-order valence-corrected chi connectivity index (χ1v) is 21.0. The highest BCUT2D eigenvalue weighted by atomic mass is 35.5. The topological polar surface area (TPSA) is 77.5 Å². The smallest absolute Gasteiger partial charge is 0.200 e. The lowest BCUT2D eigenvalue weighted by Gasteiger charge is -2.22. The minimum Gasteiger partial charge on any atom is -0.454 e. The van der Waals surface area contributed by atoms with E-state index in [1.807, 2.05) is 0 Å². The summed E-state index contributed by atoms with van der Waals surface area (Å²) < 4.78 is 7.04. The largest absolute Gasteiger partial charge is 0.454 e. The second kappa shape index (κ2) is 17.5. The summed E-state index contributed by atoms with van der Waals surface area (Å²) in [6, 6.07) is 34.7. The van der Waals surface area contributed by atoms with E-state index in [-0.39, 0.29) is 96.2 Å². The highest BCUT2D eigenvalue weighted by Gasteiger charge is 2.35. The highest BCUT2D eigenvalue weighted by molar-refractivity contribution is 6.45. The van der Waals surface area contributed by atoms with Gasteiger partial charge in [-0.25, -0.2) is 0 Å². The first-order chi connectivity index (χ1) is 29.3. The fourth-order valence-electron chi connectivity index (χ4n) is 7.13. The number of hydrogen-bond donors (Lipinski definition) is 0. The van der Waals surface area contributed by atoms with Crippen LogP contribution in [0.3, 0.4) is 0 Å². The van der Waals surface area contributed by atoms with E-state index in [9.17, 15) is 9.59 Å². The van der Waals surface area contributed by atoms with Crippen LogP contribution in [0, 0.1) is 0 Å². The summed E-state index contributed by atoms with van der Waals surface area (Å²) in [7, 11) is 0. The summed E-state index contributed by atoms with van der Waals surface area (Å²) in [6.45, 7) is 0. The SMILES string of the molecule is O=C(c1cc2ccccc2c(Oc2c(C(=O)c3c(Cl)cccc3Cl)c(C(=O)c3c(Cl)cccc3Cl)cc3ccccc23)c1C(=O)c1c(Cl)cccc1Cl)c1c(Cl)cccc1Cl. The minimum absolute atomic E-state index is 0.0160. The van der Waals surface area contributed by atoms with Crippen molar-refractivity contribution in [3.05, 3.63) is 218 Å². The lowest BCUT2D eigenvalue weighted by molar-refractivity contribution is 0.0999. The Bertz CT molecular complexity index is 2900. The molecule has 5 nitrogen and oxygen atoms in total. The van der Waals surface area contributed by atoms with E-state index < -0.39 is 23.1 Å². The summed E-state index contributed by atoms with van der Waals surface area (Å²) >= 11 is 53.2. The standard InChI is InChI=1S/C48H22Cl8O5/c49-29-13-5-14-30(50)39(29)43(57)27-21-23-9-1-3-11-25(23)47(37(27)45(59)41-33(53)17-7-18-34(41)54)61-48-26-12-4-2-10-24(26)22-28(44(58)40-31(51)15-6-16-32(40)52)38(48)46(60)42-35(55)19-8-20-36(42)56/h1-22H. The van der Waals surface area contributed by atoms with E-state index in [4.69, 9.17) is 97.5 Å². The van der Waals surface area contributed by atoms with E-state index >= 15 is 9.59 Å². The predicted molar refractivity (Wildman–Crippen MR) is 248 cm³/mol. The molecular formula is C48H22Cl8O5. The van der Waals surface area contributed by atoms with E-state index in [1.54, 1.807) is 72.8 Å². The van der Waals surface area contributed by atoms with Gasteiger partial charge >= 0.3 is 0 Å². The van der Waals surface area contributed by atoms with Crippen LogP contribution in [-0.4, -0.2) is 23.1 Å². The van der Waals surface area contributed by atoms with Crippen LogP contribution in [0.2, 0.25) is 40.2 Å². The van der Waals surface area contributed by atoms with Crippen LogP contribution in [0.15, 0.2) is 133 Å². The molecule has 0 aliphatic heterocycles. The zero-order valence-electron chi connectivity index (χ0n) is 30.8. The fraction of sp³-hybridized carbons (Fsp3) is 0. The third-order valence-electron chi connectivity index (χ3n) is 9.91. The van der Waals surface area contributed by atoms with Crippen LogP contribution in [0.5, 0.6) is 11.5 Å². The number of ketones is 4. The second-order valence-electron chi connectivity index (χ2n) is 13.5. The van der Waals surface area contributed by atoms with E-state index in [0.717, 1.165) is 0 Å². The molecule has 300 valence electrons.